The summed E-state index contributed by atoms with van der Waals surface area (Å²) in [6.45, 7) is 8.63. The lowest BCUT2D eigenvalue weighted by molar-refractivity contribution is -0.214. The highest BCUT2D eigenvalue weighted by atomic mass is 16.7. The predicted octanol–water partition coefficient (Wildman–Crippen LogP) is 5.33. The van der Waals surface area contributed by atoms with Gasteiger partial charge in [-0.05, 0) is 93.8 Å². The molecule has 5 rings (SSSR count). The molecule has 8 atom stereocenters. The van der Waals surface area contributed by atoms with Crippen LogP contribution in [0.25, 0.3) is 0 Å². The summed E-state index contributed by atoms with van der Waals surface area (Å²) in [7, 11) is 0. The van der Waals surface area contributed by atoms with Crippen LogP contribution in [0.3, 0.4) is 0 Å². The van der Waals surface area contributed by atoms with Crippen molar-refractivity contribution < 1.29 is 14.6 Å². The Morgan fingerprint density at radius 2 is 1.64 bits per heavy atom. The second-order valence-electron chi connectivity index (χ2n) is 11.2. The van der Waals surface area contributed by atoms with E-state index in [9.17, 15) is 5.11 Å². The average Bonchev–Trinajstić information content (AvgIpc) is 3.29. The van der Waals surface area contributed by atoms with Gasteiger partial charge in [0.15, 0.2) is 6.29 Å². The zero-order valence-corrected chi connectivity index (χ0v) is 18.2. The first-order valence-corrected chi connectivity index (χ1v) is 12.0. The van der Waals surface area contributed by atoms with Gasteiger partial charge in [0.2, 0.25) is 0 Å². The molecule has 1 saturated heterocycles. The van der Waals surface area contributed by atoms with Gasteiger partial charge in [0.25, 0.3) is 0 Å². The molecular weight excluding hydrogens is 348 g/mol. The lowest BCUT2D eigenvalue weighted by Gasteiger charge is -2.64. The van der Waals surface area contributed by atoms with Crippen LogP contribution in [0, 0.1) is 40.4 Å². The Kier molecular flexibility index (Phi) is 4.77. The van der Waals surface area contributed by atoms with Crippen LogP contribution in [0.2, 0.25) is 0 Å². The van der Waals surface area contributed by atoms with Gasteiger partial charge in [0.05, 0.1) is 18.8 Å². The Labute approximate surface area is 171 Å². The lowest BCUT2D eigenvalue weighted by atomic mass is 9.43. The molecule has 28 heavy (non-hydrogen) atoms. The molecule has 0 amide bonds. The summed E-state index contributed by atoms with van der Waals surface area (Å²) in [6, 6.07) is 0. The normalized spacial score (nSPS) is 54.5. The predicted molar refractivity (Wildman–Crippen MR) is 111 cm³/mol. The Hall–Kier alpha value is -0.380. The van der Waals surface area contributed by atoms with E-state index in [-0.39, 0.29) is 11.7 Å². The van der Waals surface area contributed by atoms with Gasteiger partial charge in [0, 0.05) is 11.3 Å². The number of allylic oxidation sites excluding steroid dienone is 2. The fraction of sp³-hybridized carbons (Fsp3) is 0.920. The maximum atomic E-state index is 12.2. The summed E-state index contributed by atoms with van der Waals surface area (Å²) < 4.78 is 11.8. The summed E-state index contributed by atoms with van der Waals surface area (Å²) in [5.41, 5.74) is -0.0616. The molecule has 3 nitrogen and oxygen atoms in total. The highest BCUT2D eigenvalue weighted by Crippen LogP contribution is 2.69. The van der Waals surface area contributed by atoms with Crippen molar-refractivity contribution in [1.82, 2.24) is 0 Å². The number of hydrogen-bond acceptors (Lipinski definition) is 3. The zero-order valence-electron chi connectivity index (χ0n) is 18.2. The van der Waals surface area contributed by atoms with E-state index in [2.05, 4.69) is 32.9 Å². The molecule has 0 aromatic heterocycles. The smallest absolute Gasteiger partial charge is 0.160 e. The topological polar surface area (TPSA) is 38.7 Å². The van der Waals surface area contributed by atoms with E-state index in [0.717, 1.165) is 32.0 Å². The van der Waals surface area contributed by atoms with Crippen LogP contribution in [-0.2, 0) is 9.47 Å². The van der Waals surface area contributed by atoms with Crippen molar-refractivity contribution >= 4 is 0 Å². The van der Waals surface area contributed by atoms with Crippen molar-refractivity contribution in [2.24, 2.45) is 40.4 Å². The third-order valence-electron chi connectivity index (χ3n) is 10.4. The van der Waals surface area contributed by atoms with Crippen LogP contribution in [0.15, 0.2) is 12.2 Å². The first-order valence-electron chi connectivity index (χ1n) is 12.0. The monoisotopic (exact) mass is 388 g/mol. The maximum Gasteiger partial charge on any atom is 0.160 e. The Balaban J connectivity index is 1.43. The Bertz CT molecular complexity index is 625. The number of aliphatic hydroxyl groups is 1. The molecule has 1 aliphatic heterocycles. The molecule has 4 saturated carbocycles. The van der Waals surface area contributed by atoms with Crippen molar-refractivity contribution in [1.29, 1.82) is 0 Å². The fourth-order valence-electron chi connectivity index (χ4n) is 8.84. The van der Waals surface area contributed by atoms with Gasteiger partial charge < -0.3 is 14.6 Å². The first-order chi connectivity index (χ1) is 13.4. The molecule has 0 spiro atoms. The SMILES string of the molecule is CC=C[C@H]1CC[C@@]2(O)[C@@H]3CCC4CCC(C5OCCO5)C[C@]4(C)[C@H]3CC[C@]12C. The van der Waals surface area contributed by atoms with Crippen molar-refractivity contribution in [3.63, 3.8) is 0 Å². The third-order valence-corrected chi connectivity index (χ3v) is 10.4. The largest absolute Gasteiger partial charge is 0.389 e. The number of rotatable bonds is 2. The third kappa shape index (κ3) is 2.58. The number of hydrogen-bond donors (Lipinski definition) is 1. The van der Waals surface area contributed by atoms with Crippen LogP contribution in [0.5, 0.6) is 0 Å². The number of ether oxygens (including phenoxy) is 2. The minimum Gasteiger partial charge on any atom is -0.389 e. The molecule has 5 fully saturated rings. The molecule has 4 aliphatic carbocycles. The summed E-state index contributed by atoms with van der Waals surface area (Å²) in [6.07, 6.45) is 15.6. The average molecular weight is 389 g/mol. The summed E-state index contributed by atoms with van der Waals surface area (Å²) >= 11 is 0. The molecule has 0 radical (unpaired) electrons. The van der Waals surface area contributed by atoms with Crippen molar-refractivity contribution in [2.45, 2.75) is 90.4 Å². The molecule has 5 aliphatic rings. The molecule has 0 aromatic rings. The van der Waals surface area contributed by atoms with Gasteiger partial charge in [-0.15, -0.1) is 0 Å². The second kappa shape index (κ2) is 6.82. The van der Waals surface area contributed by atoms with E-state index in [0.29, 0.717) is 29.1 Å². The highest BCUT2D eigenvalue weighted by Gasteiger charge is 2.66. The van der Waals surface area contributed by atoms with Crippen molar-refractivity contribution in [3.8, 4) is 0 Å². The lowest BCUT2D eigenvalue weighted by Crippen LogP contribution is -2.62. The molecule has 3 heteroatoms. The van der Waals surface area contributed by atoms with Crippen molar-refractivity contribution in [3.05, 3.63) is 12.2 Å². The fourth-order valence-corrected chi connectivity index (χ4v) is 8.84. The van der Waals surface area contributed by atoms with Crippen molar-refractivity contribution in [2.75, 3.05) is 13.2 Å². The molecule has 1 N–H and O–H groups in total. The number of fused-ring (bicyclic) bond motifs is 5. The Morgan fingerprint density at radius 1 is 0.893 bits per heavy atom. The van der Waals surface area contributed by atoms with Gasteiger partial charge >= 0.3 is 0 Å². The minimum atomic E-state index is -0.471. The van der Waals surface area contributed by atoms with Gasteiger partial charge in [0.1, 0.15) is 0 Å². The van der Waals surface area contributed by atoms with E-state index in [1.54, 1.807) is 0 Å². The van der Waals surface area contributed by atoms with Crippen LogP contribution in [0.1, 0.15) is 78.6 Å². The summed E-state index contributed by atoms with van der Waals surface area (Å²) in [4.78, 5) is 0. The second-order valence-corrected chi connectivity index (χ2v) is 11.2. The van der Waals surface area contributed by atoms with Crippen LogP contribution < -0.4 is 0 Å². The molecule has 2 unspecified atom stereocenters. The van der Waals surface area contributed by atoms with E-state index in [4.69, 9.17) is 9.47 Å². The minimum absolute atomic E-state index is 0.0284. The van der Waals surface area contributed by atoms with Crippen LogP contribution in [0.4, 0.5) is 0 Å². The van der Waals surface area contributed by atoms with Gasteiger partial charge in [-0.1, -0.05) is 26.0 Å². The van der Waals surface area contributed by atoms with Crippen LogP contribution in [-0.4, -0.2) is 30.2 Å². The maximum absolute atomic E-state index is 12.2. The standard InChI is InChI=1S/C25H40O3/c1-4-5-19-10-13-25(26)21-9-8-18-7-6-17(22-27-14-15-28-22)16-23(18,2)20(21)11-12-24(19,25)3/h4-5,17-22,26H,6-16H2,1-3H3/t17?,18?,19-,20-,21+,23-,24+,25+/m0/s1. The summed E-state index contributed by atoms with van der Waals surface area (Å²) in [5.74, 6) is 3.06. The molecule has 0 bridgehead atoms. The van der Waals surface area contributed by atoms with Crippen LogP contribution >= 0.6 is 0 Å². The Morgan fingerprint density at radius 3 is 2.39 bits per heavy atom. The molecule has 1 heterocycles. The molecular formula is C25H40O3. The molecule has 0 aromatic carbocycles. The van der Waals surface area contributed by atoms with Gasteiger partial charge in [-0.2, -0.15) is 0 Å². The first kappa shape index (κ1) is 19.6. The van der Waals surface area contributed by atoms with Gasteiger partial charge in [-0.25, -0.2) is 0 Å². The van der Waals surface area contributed by atoms with Gasteiger partial charge in [-0.3, -0.25) is 0 Å². The summed E-state index contributed by atoms with van der Waals surface area (Å²) in [5, 5.41) is 12.2. The quantitative estimate of drug-likeness (QED) is 0.650. The van der Waals surface area contributed by atoms with E-state index >= 15 is 0 Å². The van der Waals surface area contributed by atoms with E-state index in [1.807, 2.05) is 0 Å². The van der Waals surface area contributed by atoms with E-state index in [1.165, 1.54) is 44.9 Å². The molecule has 158 valence electrons. The van der Waals surface area contributed by atoms with E-state index < -0.39 is 5.60 Å². The zero-order chi connectivity index (χ0) is 19.6. The highest BCUT2D eigenvalue weighted by molar-refractivity contribution is 5.19.